The molecule has 3 saturated carbocycles. The van der Waals surface area contributed by atoms with E-state index < -0.39 is 17.4 Å². The molecule has 0 radical (unpaired) electrons. The van der Waals surface area contributed by atoms with Gasteiger partial charge in [-0.2, -0.15) is 29.3 Å². The maximum Gasteiger partial charge on any atom is 0.234 e. The molecule has 0 N–H and O–H groups in total. The number of rotatable bonds is 3. The lowest BCUT2D eigenvalue weighted by Crippen LogP contribution is -2.45. The maximum atomic E-state index is 6.28. The Balaban J connectivity index is 1.09. The van der Waals surface area contributed by atoms with E-state index in [2.05, 4.69) is 91.0 Å². The van der Waals surface area contributed by atoms with E-state index in [9.17, 15) is 0 Å². The molecule has 7 rings (SSSR count). The average molecular weight is 571 g/mol. The molecule has 4 fully saturated rings. The van der Waals surface area contributed by atoms with Gasteiger partial charge in [0.1, 0.15) is 0 Å². The summed E-state index contributed by atoms with van der Waals surface area (Å²) >= 11 is 0. The summed E-state index contributed by atoms with van der Waals surface area (Å²) in [7, 11) is 0. The lowest BCUT2D eigenvalue weighted by molar-refractivity contribution is -0.555. The SMILES string of the molecule is c1ccc(C2CCC3(CC2)OOC2(CCC(c4ccccc4)CC2)OOC2(CCC(c4ccccc4)CC2)OO3)cc1. The van der Waals surface area contributed by atoms with Gasteiger partial charge in [-0.05, 0) is 73.0 Å². The van der Waals surface area contributed by atoms with Crippen LogP contribution in [-0.2, 0) is 29.3 Å². The molecule has 6 nitrogen and oxygen atoms in total. The van der Waals surface area contributed by atoms with Gasteiger partial charge in [0.05, 0.1) is 0 Å². The molecular weight excluding hydrogens is 528 g/mol. The van der Waals surface area contributed by atoms with E-state index in [0.29, 0.717) is 56.3 Å². The summed E-state index contributed by atoms with van der Waals surface area (Å²) in [4.78, 5) is 37.7. The molecular formula is C36H42O6. The minimum absolute atomic E-state index is 0.453. The van der Waals surface area contributed by atoms with E-state index in [1.807, 2.05) is 0 Å². The molecule has 0 bridgehead atoms. The maximum absolute atomic E-state index is 6.28. The Bertz CT molecular complexity index is 1080. The first-order valence-corrected chi connectivity index (χ1v) is 15.9. The predicted octanol–water partition coefficient (Wildman–Crippen LogP) is 9.01. The van der Waals surface area contributed by atoms with Crippen molar-refractivity contribution in [2.75, 3.05) is 0 Å². The largest absolute Gasteiger partial charge is 0.234 e. The van der Waals surface area contributed by atoms with Crippen LogP contribution in [0, 0.1) is 0 Å². The molecule has 0 atom stereocenters. The van der Waals surface area contributed by atoms with E-state index in [-0.39, 0.29) is 0 Å². The zero-order valence-electron chi connectivity index (χ0n) is 24.3. The molecule has 1 saturated heterocycles. The van der Waals surface area contributed by atoms with Crippen molar-refractivity contribution in [3.05, 3.63) is 108 Å². The molecule has 3 aromatic carbocycles. The Morgan fingerprint density at radius 1 is 0.333 bits per heavy atom. The van der Waals surface area contributed by atoms with Crippen molar-refractivity contribution in [2.24, 2.45) is 0 Å². The average Bonchev–Trinajstić information content (AvgIpc) is 3.13. The van der Waals surface area contributed by atoms with Gasteiger partial charge in [0.15, 0.2) is 0 Å². The molecule has 3 spiro atoms. The summed E-state index contributed by atoms with van der Waals surface area (Å²) in [6, 6.07) is 32.1. The fourth-order valence-electron chi connectivity index (χ4n) is 7.35. The zero-order valence-corrected chi connectivity index (χ0v) is 24.3. The monoisotopic (exact) mass is 570 g/mol. The summed E-state index contributed by atoms with van der Waals surface area (Å²) in [5.41, 5.74) is 4.07. The summed E-state index contributed by atoms with van der Waals surface area (Å²) in [6.07, 6.45) is 9.52. The quantitative estimate of drug-likeness (QED) is 0.293. The smallest absolute Gasteiger partial charge is 0.195 e. The van der Waals surface area contributed by atoms with E-state index in [1.165, 1.54) is 16.7 Å². The molecule has 6 heteroatoms. The third-order valence-corrected chi connectivity index (χ3v) is 10.1. The first kappa shape index (κ1) is 28.2. The second-order valence-electron chi connectivity index (χ2n) is 12.8. The molecule has 222 valence electrons. The minimum atomic E-state index is -1.01. The third-order valence-electron chi connectivity index (χ3n) is 10.1. The van der Waals surface area contributed by atoms with Crippen molar-refractivity contribution in [3.8, 4) is 0 Å². The van der Waals surface area contributed by atoms with Crippen LogP contribution < -0.4 is 0 Å². The van der Waals surface area contributed by atoms with Crippen molar-refractivity contribution in [3.63, 3.8) is 0 Å². The minimum Gasteiger partial charge on any atom is -0.195 e. The van der Waals surface area contributed by atoms with Crippen LogP contribution in [0.1, 0.15) is 111 Å². The predicted molar refractivity (Wildman–Crippen MR) is 158 cm³/mol. The van der Waals surface area contributed by atoms with Crippen LogP contribution in [0.5, 0.6) is 0 Å². The van der Waals surface area contributed by atoms with Crippen molar-refractivity contribution in [2.45, 2.75) is 112 Å². The van der Waals surface area contributed by atoms with Gasteiger partial charge in [-0.25, -0.2) is 0 Å². The lowest BCUT2D eigenvalue weighted by atomic mass is 9.81. The van der Waals surface area contributed by atoms with Crippen LogP contribution in [0.25, 0.3) is 0 Å². The second kappa shape index (κ2) is 12.2. The molecule has 0 amide bonds. The number of benzene rings is 3. The Morgan fingerprint density at radius 3 is 0.762 bits per heavy atom. The Hall–Kier alpha value is -2.58. The highest BCUT2D eigenvalue weighted by Crippen LogP contribution is 2.49. The normalized spacial score (nSPS) is 35.9. The topological polar surface area (TPSA) is 55.4 Å². The van der Waals surface area contributed by atoms with E-state index in [4.69, 9.17) is 29.3 Å². The first-order valence-electron chi connectivity index (χ1n) is 15.9. The summed E-state index contributed by atoms with van der Waals surface area (Å²) < 4.78 is 0. The van der Waals surface area contributed by atoms with Crippen LogP contribution in [-0.4, -0.2) is 17.4 Å². The van der Waals surface area contributed by atoms with E-state index in [1.54, 1.807) is 0 Å². The Morgan fingerprint density at radius 2 is 0.548 bits per heavy atom. The van der Waals surface area contributed by atoms with Gasteiger partial charge in [0.2, 0.25) is 17.4 Å². The summed E-state index contributed by atoms with van der Waals surface area (Å²) in [6.45, 7) is 0. The highest BCUT2D eigenvalue weighted by molar-refractivity contribution is 5.22. The second-order valence-corrected chi connectivity index (χ2v) is 12.8. The van der Waals surface area contributed by atoms with Crippen molar-refractivity contribution in [1.29, 1.82) is 0 Å². The molecule has 3 aromatic rings. The zero-order chi connectivity index (χ0) is 28.3. The van der Waals surface area contributed by atoms with Gasteiger partial charge < -0.3 is 0 Å². The van der Waals surface area contributed by atoms with E-state index >= 15 is 0 Å². The van der Waals surface area contributed by atoms with Crippen LogP contribution >= 0.6 is 0 Å². The fourth-order valence-corrected chi connectivity index (χ4v) is 7.35. The Kier molecular flexibility index (Phi) is 8.19. The summed E-state index contributed by atoms with van der Waals surface area (Å²) in [5.74, 6) is -1.65. The van der Waals surface area contributed by atoms with Gasteiger partial charge in [-0.3, -0.25) is 0 Å². The number of hydrogen-bond acceptors (Lipinski definition) is 6. The molecule has 0 aromatic heterocycles. The highest BCUT2D eigenvalue weighted by Gasteiger charge is 2.52. The van der Waals surface area contributed by atoms with Crippen LogP contribution in [0.3, 0.4) is 0 Å². The fraction of sp³-hybridized carbons (Fsp3) is 0.500. The third kappa shape index (κ3) is 6.07. The van der Waals surface area contributed by atoms with Gasteiger partial charge in [0, 0.05) is 38.5 Å². The van der Waals surface area contributed by atoms with Gasteiger partial charge in [-0.1, -0.05) is 91.0 Å². The molecule has 42 heavy (non-hydrogen) atoms. The van der Waals surface area contributed by atoms with E-state index in [0.717, 1.165) is 38.5 Å². The van der Waals surface area contributed by atoms with Crippen LogP contribution in [0.4, 0.5) is 0 Å². The molecule has 1 aliphatic heterocycles. The molecule has 0 unspecified atom stereocenters. The lowest BCUT2D eigenvalue weighted by Gasteiger charge is -2.40. The van der Waals surface area contributed by atoms with Crippen molar-refractivity contribution >= 4 is 0 Å². The van der Waals surface area contributed by atoms with Gasteiger partial charge in [0.25, 0.3) is 0 Å². The highest BCUT2D eigenvalue weighted by atomic mass is 17.4. The van der Waals surface area contributed by atoms with Crippen molar-refractivity contribution < 1.29 is 29.3 Å². The molecule has 4 aliphatic rings. The van der Waals surface area contributed by atoms with Crippen LogP contribution in [0.15, 0.2) is 91.0 Å². The first-order chi connectivity index (χ1) is 20.6. The number of hydrogen-bond donors (Lipinski definition) is 0. The van der Waals surface area contributed by atoms with Gasteiger partial charge in [-0.15, -0.1) is 0 Å². The van der Waals surface area contributed by atoms with Crippen molar-refractivity contribution in [1.82, 2.24) is 0 Å². The standard InChI is InChI=1S/C36H42O6/c1-4-10-28(11-5-1)31-16-22-34(23-17-31)37-39-35(24-18-32(19-25-35)29-12-6-2-7-13-29)41-42-36(40-38-34)26-20-33(21-27-36)30-14-8-3-9-15-30/h1-15,31-33H,16-27H2. The summed E-state index contributed by atoms with van der Waals surface area (Å²) in [5, 5.41) is 0. The Labute approximate surface area is 249 Å². The van der Waals surface area contributed by atoms with Crippen LogP contribution in [0.2, 0.25) is 0 Å². The molecule has 1 heterocycles. The molecule has 3 aliphatic carbocycles. The van der Waals surface area contributed by atoms with Gasteiger partial charge >= 0.3 is 0 Å².